The van der Waals surface area contributed by atoms with Crippen molar-refractivity contribution in [3.05, 3.63) is 65.7 Å². The second-order valence-corrected chi connectivity index (χ2v) is 7.07. The smallest absolute Gasteiger partial charge is 0.387 e. The third-order valence-electron chi connectivity index (χ3n) is 4.45. The van der Waals surface area contributed by atoms with Gasteiger partial charge in [0, 0.05) is 18.3 Å². The number of alkyl halides is 2. The molecule has 0 aliphatic heterocycles. The molecule has 0 aromatic heterocycles. The molecule has 0 radical (unpaired) electrons. The van der Waals surface area contributed by atoms with E-state index in [0.717, 1.165) is 11.6 Å². The van der Waals surface area contributed by atoms with E-state index in [1.54, 1.807) is 12.1 Å². The predicted octanol–water partition coefficient (Wildman–Crippen LogP) is 4.03. The number of ether oxygens (including phenoxy) is 2. The summed E-state index contributed by atoms with van der Waals surface area (Å²) in [5.41, 5.74) is 2.12. The summed E-state index contributed by atoms with van der Waals surface area (Å²) in [6, 6.07) is 12.9. The molecule has 0 fully saturated rings. The third-order valence-corrected chi connectivity index (χ3v) is 4.45. The number of rotatable bonds is 11. The molecule has 0 aliphatic carbocycles. The minimum absolute atomic E-state index is 0.00204. The number of hydrogen-bond acceptors (Lipinski definition) is 5. The topological polar surface area (TPSA) is 84.9 Å². The molecule has 176 valence electrons. The number of para-hydroxylation sites is 1. The normalized spacial score (nSPS) is 10.8. The number of nitrogens with one attached hydrogen (secondary N) is 1. The van der Waals surface area contributed by atoms with Crippen molar-refractivity contribution in [1.29, 1.82) is 0 Å². The summed E-state index contributed by atoms with van der Waals surface area (Å²) in [5.74, 6) is -1.60. The minimum atomic E-state index is -2.92. The molecule has 2 amide bonds. The Labute approximate surface area is 191 Å². The zero-order chi connectivity index (χ0) is 24.2. The van der Waals surface area contributed by atoms with Crippen molar-refractivity contribution in [3.8, 4) is 5.75 Å². The summed E-state index contributed by atoms with van der Waals surface area (Å²) in [6.45, 7) is 0.471. The van der Waals surface area contributed by atoms with Crippen LogP contribution < -0.4 is 10.1 Å². The molecule has 7 nitrogen and oxygen atoms in total. The van der Waals surface area contributed by atoms with Gasteiger partial charge < -0.3 is 19.7 Å². The zero-order valence-electron chi connectivity index (χ0n) is 18.4. The summed E-state index contributed by atoms with van der Waals surface area (Å²) in [7, 11) is 0. The fourth-order valence-corrected chi connectivity index (χ4v) is 2.83. The lowest BCUT2D eigenvalue weighted by atomic mass is 10.2. The van der Waals surface area contributed by atoms with Crippen molar-refractivity contribution in [2.24, 2.45) is 0 Å². The van der Waals surface area contributed by atoms with E-state index in [2.05, 4.69) is 10.1 Å². The minimum Gasteiger partial charge on any atom is -0.452 e. The average molecular weight is 460 g/mol. The molecular formula is C24H26F2N2O5. The lowest BCUT2D eigenvalue weighted by Gasteiger charge is -2.21. The van der Waals surface area contributed by atoms with Gasteiger partial charge in [0.25, 0.3) is 5.91 Å². The first-order chi connectivity index (χ1) is 15.8. The van der Waals surface area contributed by atoms with E-state index >= 15 is 0 Å². The first kappa shape index (κ1) is 25.5. The number of benzene rings is 2. The molecule has 0 atom stereocenters. The lowest BCUT2D eigenvalue weighted by molar-refractivity contribution is -0.148. The van der Waals surface area contributed by atoms with E-state index in [0.29, 0.717) is 24.2 Å². The van der Waals surface area contributed by atoms with Crippen molar-refractivity contribution in [1.82, 2.24) is 4.90 Å². The summed E-state index contributed by atoms with van der Waals surface area (Å²) < 4.78 is 33.6. The highest BCUT2D eigenvalue weighted by Gasteiger charge is 2.18. The highest BCUT2D eigenvalue weighted by molar-refractivity contribution is 5.95. The van der Waals surface area contributed by atoms with Crippen LogP contribution in [0.15, 0.2) is 54.6 Å². The zero-order valence-corrected chi connectivity index (χ0v) is 18.4. The second-order valence-electron chi connectivity index (χ2n) is 7.07. The molecule has 1 N–H and O–H groups in total. The van der Waals surface area contributed by atoms with Gasteiger partial charge in [-0.25, -0.2) is 4.79 Å². The average Bonchev–Trinajstić information content (AvgIpc) is 2.78. The SMILES string of the molecule is CCCN(CC(=O)Nc1ccccc1C)C(=O)COC(=O)C=Cc1ccc(OC(F)F)cc1. The molecule has 9 heteroatoms. The van der Waals surface area contributed by atoms with E-state index in [1.165, 1.54) is 35.2 Å². The van der Waals surface area contributed by atoms with Gasteiger partial charge in [-0.15, -0.1) is 0 Å². The molecule has 0 spiro atoms. The Morgan fingerprint density at radius 3 is 2.42 bits per heavy atom. The fourth-order valence-electron chi connectivity index (χ4n) is 2.83. The van der Waals surface area contributed by atoms with Crippen LogP contribution in [-0.4, -0.2) is 49.0 Å². The number of carbonyl (C=O) groups excluding carboxylic acids is 3. The Morgan fingerprint density at radius 2 is 1.79 bits per heavy atom. The van der Waals surface area contributed by atoms with Crippen LogP contribution in [0.5, 0.6) is 5.75 Å². The summed E-state index contributed by atoms with van der Waals surface area (Å²) >= 11 is 0. The monoisotopic (exact) mass is 460 g/mol. The Hall–Kier alpha value is -3.75. The number of carbonyl (C=O) groups is 3. The van der Waals surface area contributed by atoms with Crippen molar-refractivity contribution in [3.63, 3.8) is 0 Å². The molecule has 33 heavy (non-hydrogen) atoms. The van der Waals surface area contributed by atoms with Crippen LogP contribution in [0.4, 0.5) is 14.5 Å². The summed E-state index contributed by atoms with van der Waals surface area (Å²) in [4.78, 5) is 38.1. The molecule has 2 aromatic carbocycles. The number of aryl methyl sites for hydroxylation is 1. The van der Waals surface area contributed by atoms with Crippen LogP contribution in [0.1, 0.15) is 24.5 Å². The van der Waals surface area contributed by atoms with Gasteiger partial charge >= 0.3 is 12.6 Å². The Morgan fingerprint density at radius 1 is 1.09 bits per heavy atom. The van der Waals surface area contributed by atoms with Crippen LogP contribution in [-0.2, 0) is 19.1 Å². The van der Waals surface area contributed by atoms with Gasteiger partial charge in [0.15, 0.2) is 6.61 Å². The van der Waals surface area contributed by atoms with Gasteiger partial charge in [-0.05, 0) is 48.7 Å². The molecule has 0 saturated heterocycles. The molecule has 0 aliphatic rings. The van der Waals surface area contributed by atoms with E-state index in [1.807, 2.05) is 26.0 Å². The molecule has 0 bridgehead atoms. The van der Waals surface area contributed by atoms with Gasteiger partial charge in [0.1, 0.15) is 5.75 Å². The van der Waals surface area contributed by atoms with Gasteiger partial charge in [0.05, 0.1) is 6.54 Å². The van der Waals surface area contributed by atoms with Crippen LogP contribution in [0, 0.1) is 6.92 Å². The van der Waals surface area contributed by atoms with Crippen LogP contribution in [0.25, 0.3) is 6.08 Å². The van der Waals surface area contributed by atoms with E-state index < -0.39 is 25.1 Å². The maximum Gasteiger partial charge on any atom is 0.387 e. The first-order valence-corrected chi connectivity index (χ1v) is 10.3. The number of hydrogen-bond donors (Lipinski definition) is 1. The van der Waals surface area contributed by atoms with Crippen molar-refractivity contribution in [2.75, 3.05) is 25.0 Å². The Bertz CT molecular complexity index is 977. The Balaban J connectivity index is 1.85. The number of nitrogens with zero attached hydrogens (tertiary/aromatic N) is 1. The third kappa shape index (κ3) is 9.10. The number of esters is 1. The van der Waals surface area contributed by atoms with Crippen LogP contribution in [0.2, 0.25) is 0 Å². The van der Waals surface area contributed by atoms with E-state index in [4.69, 9.17) is 4.74 Å². The second kappa shape index (κ2) is 12.9. The standard InChI is InChI=1S/C24H26F2N2O5/c1-3-14-28(15-21(29)27-20-7-5-4-6-17(20)2)22(30)16-32-23(31)13-10-18-8-11-19(12-9-18)33-24(25)26/h4-13,24H,3,14-16H2,1-2H3,(H,27,29). The van der Waals surface area contributed by atoms with Crippen molar-refractivity contribution >= 4 is 29.5 Å². The largest absolute Gasteiger partial charge is 0.452 e. The van der Waals surface area contributed by atoms with Gasteiger partial charge in [-0.1, -0.05) is 37.3 Å². The lowest BCUT2D eigenvalue weighted by Crippen LogP contribution is -2.40. The van der Waals surface area contributed by atoms with E-state index in [-0.39, 0.29) is 18.2 Å². The number of anilines is 1. The van der Waals surface area contributed by atoms with E-state index in [9.17, 15) is 23.2 Å². The van der Waals surface area contributed by atoms with Crippen molar-refractivity contribution in [2.45, 2.75) is 26.9 Å². The number of halogens is 2. The predicted molar refractivity (Wildman–Crippen MR) is 120 cm³/mol. The Kier molecular flexibility index (Phi) is 10.0. The first-order valence-electron chi connectivity index (χ1n) is 10.3. The molecule has 0 saturated carbocycles. The van der Waals surface area contributed by atoms with Crippen LogP contribution in [0.3, 0.4) is 0 Å². The quantitative estimate of drug-likeness (QED) is 0.404. The molecule has 2 aromatic rings. The van der Waals surface area contributed by atoms with Gasteiger partial charge in [-0.2, -0.15) is 8.78 Å². The molecule has 0 heterocycles. The highest BCUT2D eigenvalue weighted by Crippen LogP contribution is 2.16. The van der Waals surface area contributed by atoms with Crippen molar-refractivity contribution < 1.29 is 32.6 Å². The molecule has 0 unspecified atom stereocenters. The number of amides is 2. The summed E-state index contributed by atoms with van der Waals surface area (Å²) in [6.07, 6.45) is 3.16. The fraction of sp³-hybridized carbons (Fsp3) is 0.292. The van der Waals surface area contributed by atoms with Gasteiger partial charge in [-0.3, -0.25) is 9.59 Å². The highest BCUT2D eigenvalue weighted by atomic mass is 19.3. The van der Waals surface area contributed by atoms with Crippen LogP contribution >= 0.6 is 0 Å². The maximum atomic E-state index is 12.5. The summed E-state index contributed by atoms with van der Waals surface area (Å²) in [5, 5.41) is 2.77. The molecular weight excluding hydrogens is 434 g/mol. The maximum absolute atomic E-state index is 12.5. The molecule has 2 rings (SSSR count). The van der Waals surface area contributed by atoms with Gasteiger partial charge in [0.2, 0.25) is 5.91 Å².